The number of hydrogen-bond acceptors (Lipinski definition) is 0. The van der Waals surface area contributed by atoms with Crippen LogP contribution in [0.15, 0.2) is 170 Å². The molecule has 2 aromatic heterocycles. The lowest BCUT2D eigenvalue weighted by molar-refractivity contribution is 1.16. The molecule has 0 aliphatic heterocycles. The van der Waals surface area contributed by atoms with Gasteiger partial charge in [0.1, 0.15) is 0 Å². The third-order valence-electron chi connectivity index (χ3n) is 8.93. The van der Waals surface area contributed by atoms with Gasteiger partial charge in [0.2, 0.25) is 0 Å². The quantitative estimate of drug-likeness (QED) is 0.203. The van der Waals surface area contributed by atoms with Crippen LogP contribution in [0.1, 0.15) is 0 Å². The molecule has 0 aliphatic carbocycles. The summed E-state index contributed by atoms with van der Waals surface area (Å²) in [5, 5.41) is 5.05. The van der Waals surface area contributed by atoms with Gasteiger partial charge < -0.3 is 9.13 Å². The van der Waals surface area contributed by atoms with Crippen molar-refractivity contribution < 1.29 is 0 Å². The molecule has 0 saturated carbocycles. The number of aromatic nitrogens is 2. The zero-order valence-corrected chi connectivity index (χ0v) is 24.1. The minimum absolute atomic E-state index is 1.15. The van der Waals surface area contributed by atoms with Crippen LogP contribution in [0, 0.1) is 0 Å². The van der Waals surface area contributed by atoms with Gasteiger partial charge >= 0.3 is 0 Å². The van der Waals surface area contributed by atoms with E-state index >= 15 is 0 Å². The lowest BCUT2D eigenvalue weighted by Crippen LogP contribution is -1.98. The van der Waals surface area contributed by atoms with Crippen molar-refractivity contribution in [3.05, 3.63) is 170 Å². The van der Waals surface area contributed by atoms with Gasteiger partial charge in [-0.1, -0.05) is 133 Å². The Morgan fingerprint density at radius 2 is 0.864 bits per heavy atom. The van der Waals surface area contributed by atoms with Crippen molar-refractivity contribution in [2.75, 3.05) is 0 Å². The third-order valence-corrected chi connectivity index (χ3v) is 8.93. The molecule has 2 nitrogen and oxygen atoms in total. The maximum Gasteiger partial charge on any atom is 0.0562 e. The van der Waals surface area contributed by atoms with E-state index in [4.69, 9.17) is 0 Å². The zero-order valence-electron chi connectivity index (χ0n) is 24.1. The van der Waals surface area contributed by atoms with Crippen LogP contribution in [0.2, 0.25) is 0 Å². The van der Waals surface area contributed by atoms with E-state index in [2.05, 4.69) is 179 Å². The first-order chi connectivity index (χ1) is 21.9. The van der Waals surface area contributed by atoms with E-state index < -0.39 is 0 Å². The summed E-state index contributed by atoms with van der Waals surface area (Å²) >= 11 is 0. The minimum Gasteiger partial charge on any atom is -0.309 e. The highest BCUT2D eigenvalue weighted by Crippen LogP contribution is 2.41. The van der Waals surface area contributed by atoms with Crippen molar-refractivity contribution in [2.45, 2.75) is 0 Å². The average molecular weight is 561 g/mol. The highest BCUT2D eigenvalue weighted by atomic mass is 15.0. The van der Waals surface area contributed by atoms with Crippen LogP contribution < -0.4 is 0 Å². The number of para-hydroxylation sites is 3. The molecule has 0 radical (unpaired) electrons. The average Bonchev–Trinajstić information content (AvgIpc) is 3.61. The smallest absolute Gasteiger partial charge is 0.0562 e. The van der Waals surface area contributed by atoms with Gasteiger partial charge in [-0.15, -0.1) is 0 Å². The second-order valence-corrected chi connectivity index (χ2v) is 11.4. The Morgan fingerprint density at radius 3 is 1.64 bits per heavy atom. The molecule has 0 unspecified atom stereocenters. The van der Waals surface area contributed by atoms with Crippen molar-refractivity contribution in [3.8, 4) is 33.6 Å². The first-order valence-electron chi connectivity index (χ1n) is 15.1. The molecule has 9 rings (SSSR count). The molecule has 0 spiro atoms. The molecule has 0 N–H and O–H groups in total. The van der Waals surface area contributed by atoms with E-state index in [9.17, 15) is 0 Å². The Morgan fingerprint density at radius 1 is 0.318 bits per heavy atom. The third kappa shape index (κ3) is 3.68. The normalized spacial score (nSPS) is 11.6. The standard InChI is InChI=1S/C42H28N2/c1-3-14-29(15-4-1)32-18-7-10-22-37(32)44-38-23-11-8-19-34(38)35-27-26-31(28-41(35)44)43-39-24-12-9-20-36(39)42-33(21-13-25-40(42)43)30-16-5-2-6-17-30/h1-28H. The first-order valence-corrected chi connectivity index (χ1v) is 15.1. The van der Waals surface area contributed by atoms with Crippen molar-refractivity contribution >= 4 is 43.6 Å². The molecule has 9 aromatic rings. The molecule has 0 saturated heterocycles. The van der Waals surface area contributed by atoms with Crippen LogP contribution in [0.3, 0.4) is 0 Å². The molecule has 0 atom stereocenters. The number of nitrogens with zero attached hydrogens (tertiary/aromatic N) is 2. The molecule has 2 heteroatoms. The van der Waals surface area contributed by atoms with E-state index in [-0.39, 0.29) is 0 Å². The second kappa shape index (κ2) is 9.86. The maximum absolute atomic E-state index is 2.44. The lowest BCUT2D eigenvalue weighted by Gasteiger charge is -2.15. The van der Waals surface area contributed by atoms with Crippen LogP contribution in [0.4, 0.5) is 0 Å². The lowest BCUT2D eigenvalue weighted by atomic mass is 9.99. The Balaban J connectivity index is 1.37. The second-order valence-electron chi connectivity index (χ2n) is 11.4. The highest BCUT2D eigenvalue weighted by Gasteiger charge is 2.19. The maximum atomic E-state index is 2.44. The molecule has 0 bridgehead atoms. The number of hydrogen-bond donors (Lipinski definition) is 0. The van der Waals surface area contributed by atoms with Crippen LogP contribution >= 0.6 is 0 Å². The number of benzene rings is 7. The van der Waals surface area contributed by atoms with Crippen molar-refractivity contribution in [3.63, 3.8) is 0 Å². The van der Waals surface area contributed by atoms with Gasteiger partial charge in [0.15, 0.2) is 0 Å². The molecule has 7 aromatic carbocycles. The zero-order chi connectivity index (χ0) is 29.0. The molecule has 0 fully saturated rings. The molecule has 2 heterocycles. The van der Waals surface area contributed by atoms with Gasteiger partial charge in [0, 0.05) is 32.8 Å². The first kappa shape index (κ1) is 24.7. The van der Waals surface area contributed by atoms with Gasteiger partial charge in [-0.05, 0) is 53.1 Å². The van der Waals surface area contributed by atoms with Crippen LogP contribution in [-0.4, -0.2) is 9.13 Å². The molecular weight excluding hydrogens is 532 g/mol. The Labute approximate surface area is 255 Å². The Hall–Kier alpha value is -5.86. The van der Waals surface area contributed by atoms with Crippen molar-refractivity contribution in [1.82, 2.24) is 9.13 Å². The summed E-state index contributed by atoms with van der Waals surface area (Å²) in [4.78, 5) is 0. The summed E-state index contributed by atoms with van der Waals surface area (Å²) in [5.74, 6) is 0. The molecular formula is C42H28N2. The van der Waals surface area contributed by atoms with Crippen LogP contribution in [-0.2, 0) is 0 Å². The topological polar surface area (TPSA) is 9.86 Å². The molecule has 0 amide bonds. The van der Waals surface area contributed by atoms with E-state index in [1.807, 2.05) is 0 Å². The van der Waals surface area contributed by atoms with Crippen molar-refractivity contribution in [1.29, 1.82) is 0 Å². The molecule has 44 heavy (non-hydrogen) atoms. The number of rotatable bonds is 4. The summed E-state index contributed by atoms with van der Waals surface area (Å²) in [6.45, 7) is 0. The molecule has 206 valence electrons. The summed E-state index contributed by atoms with van der Waals surface area (Å²) in [6, 6.07) is 61.4. The van der Waals surface area contributed by atoms with Gasteiger partial charge in [-0.2, -0.15) is 0 Å². The van der Waals surface area contributed by atoms with Crippen LogP contribution in [0.5, 0.6) is 0 Å². The number of fused-ring (bicyclic) bond motifs is 6. The Bertz CT molecular complexity index is 2480. The minimum atomic E-state index is 1.15. The van der Waals surface area contributed by atoms with Gasteiger partial charge in [0.05, 0.1) is 27.8 Å². The fourth-order valence-electron chi connectivity index (χ4n) is 7.04. The predicted octanol–water partition coefficient (Wildman–Crippen LogP) is 11.2. The summed E-state index contributed by atoms with van der Waals surface area (Å²) in [7, 11) is 0. The predicted molar refractivity (Wildman–Crippen MR) is 186 cm³/mol. The Kier molecular flexibility index (Phi) is 5.54. The summed E-state index contributed by atoms with van der Waals surface area (Å²) in [5.41, 5.74) is 12.0. The monoisotopic (exact) mass is 560 g/mol. The van der Waals surface area contributed by atoms with E-state index in [0.29, 0.717) is 0 Å². The summed E-state index contributed by atoms with van der Waals surface area (Å²) in [6.07, 6.45) is 0. The van der Waals surface area contributed by atoms with E-state index in [1.165, 1.54) is 71.6 Å². The largest absolute Gasteiger partial charge is 0.309 e. The fraction of sp³-hybridized carbons (Fsp3) is 0. The van der Waals surface area contributed by atoms with Crippen molar-refractivity contribution in [2.24, 2.45) is 0 Å². The van der Waals surface area contributed by atoms with Gasteiger partial charge in [0.25, 0.3) is 0 Å². The van der Waals surface area contributed by atoms with E-state index in [1.54, 1.807) is 0 Å². The fourth-order valence-corrected chi connectivity index (χ4v) is 7.04. The molecule has 0 aliphatic rings. The van der Waals surface area contributed by atoms with Gasteiger partial charge in [-0.3, -0.25) is 0 Å². The highest BCUT2D eigenvalue weighted by molar-refractivity contribution is 6.16. The summed E-state index contributed by atoms with van der Waals surface area (Å²) < 4.78 is 4.88. The van der Waals surface area contributed by atoms with E-state index in [0.717, 1.165) is 5.69 Å². The SMILES string of the molecule is c1ccc(-c2ccccc2-n2c3ccccc3c3ccc(-n4c5ccccc5c5c(-c6ccccc6)cccc54)cc32)cc1. The van der Waals surface area contributed by atoms with Gasteiger partial charge in [-0.25, -0.2) is 0 Å². The van der Waals surface area contributed by atoms with Crippen LogP contribution in [0.25, 0.3) is 77.2 Å².